The molecule has 0 fully saturated rings. The van der Waals surface area contributed by atoms with Gasteiger partial charge < -0.3 is 58.4 Å². The summed E-state index contributed by atoms with van der Waals surface area (Å²) < 4.78 is 55.9. The molecular formula is C14H32N2O16P4. The second-order valence-corrected chi connectivity index (χ2v) is 15.5. The number of carbonyl (C=O) groups is 2. The molecule has 0 bridgehead atoms. The van der Waals surface area contributed by atoms with Gasteiger partial charge in [-0.3, -0.25) is 27.8 Å². The van der Waals surface area contributed by atoms with Crippen LogP contribution in [0.3, 0.4) is 0 Å². The lowest BCUT2D eigenvalue weighted by Gasteiger charge is -2.27. The molecule has 0 saturated carbocycles. The van der Waals surface area contributed by atoms with Gasteiger partial charge in [-0.05, 0) is 0 Å². The van der Waals surface area contributed by atoms with Gasteiger partial charge in [0.05, 0.1) is 26.4 Å². The van der Waals surface area contributed by atoms with Gasteiger partial charge in [0.15, 0.2) is 10.8 Å². The van der Waals surface area contributed by atoms with Gasteiger partial charge in [0.1, 0.15) is 0 Å². The van der Waals surface area contributed by atoms with Crippen LogP contribution in [0.5, 0.6) is 0 Å². The van der Waals surface area contributed by atoms with E-state index in [9.17, 15) is 27.8 Å². The monoisotopic (exact) mass is 608 g/mol. The molecule has 0 unspecified atom stereocenters. The number of nitrogens with zero attached hydrogens (tertiary/aromatic N) is 2. The van der Waals surface area contributed by atoms with E-state index in [1.54, 1.807) is 0 Å². The summed E-state index contributed by atoms with van der Waals surface area (Å²) in [6, 6.07) is 0. The van der Waals surface area contributed by atoms with Crippen LogP contribution in [0.25, 0.3) is 0 Å². The molecule has 8 N–H and O–H groups in total. The van der Waals surface area contributed by atoms with Crippen molar-refractivity contribution in [3.05, 3.63) is 0 Å². The van der Waals surface area contributed by atoms with Crippen LogP contribution in [-0.4, -0.2) is 124 Å². The zero-order chi connectivity index (χ0) is 28.5. The summed E-state index contributed by atoms with van der Waals surface area (Å²) in [5.41, 5.74) is 0. The second kappa shape index (κ2) is 14.6. The van der Waals surface area contributed by atoms with Crippen LogP contribution in [0.15, 0.2) is 0 Å². The first kappa shape index (κ1) is 35.5. The third-order valence-corrected chi connectivity index (χ3v) is 12.0. The van der Waals surface area contributed by atoms with Gasteiger partial charge >= 0.3 is 30.4 Å². The quantitative estimate of drug-likeness (QED) is 0.0659. The standard InChI is InChI=1S/C14H32N2O16P4/c1-11(17)15(9-13(33(19,20)21)34(22,23)24)3-5-31-7-8-32-6-4-16(12(2)18)10-14(35(25,26)27)36(28,29)30/h13-14H,3-10H2,1-2H3,(H2,19,20,21)(H2,22,23,24)(H2,25,26,27)(H2,28,29,30). The fourth-order valence-electron chi connectivity index (χ4n) is 2.64. The van der Waals surface area contributed by atoms with Crippen molar-refractivity contribution in [1.29, 1.82) is 0 Å². The third-order valence-electron chi connectivity index (χ3n) is 4.59. The largest absolute Gasteiger partial charge is 0.377 e. The van der Waals surface area contributed by atoms with E-state index in [1.807, 2.05) is 0 Å². The molecule has 214 valence electrons. The zero-order valence-corrected chi connectivity index (χ0v) is 22.9. The first-order valence-corrected chi connectivity index (χ1v) is 16.7. The van der Waals surface area contributed by atoms with E-state index in [2.05, 4.69) is 0 Å². The molecule has 0 aliphatic rings. The Kier molecular flexibility index (Phi) is 14.4. The molecule has 0 radical (unpaired) electrons. The molecule has 0 aromatic carbocycles. The highest BCUT2D eigenvalue weighted by molar-refractivity contribution is 7.71. The summed E-state index contributed by atoms with van der Waals surface area (Å²) in [5, 5.41) is -4.78. The van der Waals surface area contributed by atoms with Gasteiger partial charge in [0, 0.05) is 40.0 Å². The summed E-state index contributed by atoms with van der Waals surface area (Å²) in [6.07, 6.45) is 0. The minimum absolute atomic E-state index is 0.0835. The Morgan fingerprint density at radius 3 is 1.03 bits per heavy atom. The zero-order valence-electron chi connectivity index (χ0n) is 19.3. The van der Waals surface area contributed by atoms with Crippen LogP contribution >= 0.6 is 30.4 Å². The first-order valence-electron chi connectivity index (χ1n) is 9.95. The van der Waals surface area contributed by atoms with Crippen molar-refractivity contribution >= 4 is 42.2 Å². The molecule has 0 aromatic rings. The Hall–Kier alpha value is -0.540. The van der Waals surface area contributed by atoms with Gasteiger partial charge in [-0.25, -0.2) is 0 Å². The second-order valence-electron chi connectivity index (χ2n) is 7.47. The summed E-state index contributed by atoms with van der Waals surface area (Å²) in [6.45, 7) is -0.809. The molecule has 0 atom stereocenters. The van der Waals surface area contributed by atoms with Crippen LogP contribution in [0.4, 0.5) is 0 Å². The van der Waals surface area contributed by atoms with E-state index < -0.39 is 66.1 Å². The van der Waals surface area contributed by atoms with Gasteiger partial charge in [-0.15, -0.1) is 0 Å². The Labute approximate surface area is 206 Å². The highest BCUT2D eigenvalue weighted by Crippen LogP contribution is 2.60. The minimum atomic E-state index is -5.22. The average molecular weight is 608 g/mol. The normalized spacial score (nSPS) is 13.3. The summed E-state index contributed by atoms with van der Waals surface area (Å²) in [7, 11) is -20.9. The van der Waals surface area contributed by atoms with E-state index in [-0.39, 0.29) is 39.5 Å². The van der Waals surface area contributed by atoms with Crippen LogP contribution < -0.4 is 0 Å². The van der Waals surface area contributed by atoms with Crippen LogP contribution in [0, 0.1) is 0 Å². The Morgan fingerprint density at radius 1 is 0.583 bits per heavy atom. The fraction of sp³-hybridized carbons (Fsp3) is 0.857. The van der Waals surface area contributed by atoms with E-state index in [0.29, 0.717) is 0 Å². The summed E-state index contributed by atoms with van der Waals surface area (Å²) >= 11 is 0. The minimum Gasteiger partial charge on any atom is -0.377 e. The van der Waals surface area contributed by atoms with E-state index >= 15 is 0 Å². The lowest BCUT2D eigenvalue weighted by Crippen LogP contribution is -2.38. The van der Waals surface area contributed by atoms with Gasteiger partial charge in [-0.2, -0.15) is 0 Å². The number of amides is 2. The summed E-state index contributed by atoms with van der Waals surface area (Å²) in [5.74, 6) is -1.43. The highest BCUT2D eigenvalue weighted by Gasteiger charge is 2.45. The molecule has 2 amide bonds. The molecule has 0 rings (SSSR count). The van der Waals surface area contributed by atoms with Crippen molar-refractivity contribution in [3.8, 4) is 0 Å². The Bertz CT molecular complexity index is 804. The lowest BCUT2D eigenvalue weighted by atomic mass is 10.4. The maximum atomic E-state index is 11.7. The predicted molar refractivity (Wildman–Crippen MR) is 122 cm³/mol. The summed E-state index contributed by atoms with van der Waals surface area (Å²) in [4.78, 5) is 98.3. The Balaban J connectivity index is 4.61. The molecule has 0 saturated heterocycles. The van der Waals surface area contributed by atoms with Crippen molar-refractivity contribution in [2.75, 3.05) is 52.6 Å². The van der Waals surface area contributed by atoms with Crippen molar-refractivity contribution in [2.24, 2.45) is 0 Å². The Morgan fingerprint density at radius 2 is 0.833 bits per heavy atom. The van der Waals surface area contributed by atoms with Crippen molar-refractivity contribution in [1.82, 2.24) is 9.80 Å². The average Bonchev–Trinajstić information content (AvgIpc) is 2.63. The number of ether oxygens (including phenoxy) is 2. The van der Waals surface area contributed by atoms with Crippen LogP contribution in [-0.2, 0) is 37.3 Å². The van der Waals surface area contributed by atoms with Crippen LogP contribution in [0.2, 0.25) is 0 Å². The first-order chi connectivity index (χ1) is 16.1. The number of hydrogen-bond acceptors (Lipinski definition) is 8. The third kappa shape index (κ3) is 13.8. The molecule has 0 heterocycles. The number of carbonyl (C=O) groups excluding carboxylic acids is 2. The van der Waals surface area contributed by atoms with Crippen molar-refractivity contribution in [2.45, 2.75) is 24.6 Å². The maximum Gasteiger partial charge on any atom is 0.342 e. The van der Waals surface area contributed by atoms with Gasteiger partial charge in [-0.1, -0.05) is 0 Å². The maximum absolute atomic E-state index is 11.7. The molecular weight excluding hydrogens is 576 g/mol. The molecule has 0 spiro atoms. The number of hydrogen-bond donors (Lipinski definition) is 8. The van der Waals surface area contributed by atoms with Gasteiger partial charge in [0.2, 0.25) is 11.8 Å². The van der Waals surface area contributed by atoms with Gasteiger partial charge in [0.25, 0.3) is 0 Å². The predicted octanol–water partition coefficient (Wildman–Crippen LogP) is -1.92. The smallest absolute Gasteiger partial charge is 0.342 e. The SMILES string of the molecule is CC(=O)N(CCOCCOCCN(CC(P(=O)(O)O)P(=O)(O)O)C(C)=O)CC(P(=O)(O)O)P(=O)(O)O. The lowest BCUT2D eigenvalue weighted by molar-refractivity contribution is -0.130. The van der Waals surface area contributed by atoms with Crippen molar-refractivity contribution < 1.29 is 76.5 Å². The number of rotatable bonds is 17. The van der Waals surface area contributed by atoms with Crippen LogP contribution in [0.1, 0.15) is 13.8 Å². The molecule has 36 heavy (non-hydrogen) atoms. The molecule has 0 aliphatic carbocycles. The molecule has 22 heteroatoms. The fourth-order valence-corrected chi connectivity index (χ4v) is 7.41. The van der Waals surface area contributed by atoms with E-state index in [1.165, 1.54) is 0 Å². The van der Waals surface area contributed by atoms with Crippen molar-refractivity contribution in [3.63, 3.8) is 0 Å². The van der Waals surface area contributed by atoms with E-state index in [4.69, 9.17) is 48.6 Å². The molecule has 0 aromatic heterocycles. The molecule has 0 aliphatic heterocycles. The topological polar surface area (TPSA) is 289 Å². The van der Waals surface area contributed by atoms with E-state index in [0.717, 1.165) is 23.6 Å². The molecule has 18 nitrogen and oxygen atoms in total. The highest BCUT2D eigenvalue weighted by atomic mass is 31.2.